The van der Waals surface area contributed by atoms with Crippen LogP contribution in [0.1, 0.15) is 24.7 Å². The third-order valence-corrected chi connectivity index (χ3v) is 5.17. The van der Waals surface area contributed by atoms with Crippen molar-refractivity contribution in [3.05, 3.63) is 66.1 Å². The molecule has 1 aliphatic heterocycles. The molecule has 4 nitrogen and oxygen atoms in total. The van der Waals surface area contributed by atoms with Crippen molar-refractivity contribution in [3.8, 4) is 22.5 Å². The molecule has 1 aromatic carbocycles. The third-order valence-electron chi connectivity index (χ3n) is 5.17. The average molecular weight is 340 g/mol. The molecule has 1 aliphatic rings. The zero-order chi connectivity index (χ0) is 17.5. The maximum atomic E-state index is 4.95. The van der Waals surface area contributed by atoms with Gasteiger partial charge in [-0.2, -0.15) is 5.10 Å². The van der Waals surface area contributed by atoms with E-state index in [1.807, 2.05) is 12.3 Å². The summed E-state index contributed by atoms with van der Waals surface area (Å²) in [5.74, 6) is 0. The van der Waals surface area contributed by atoms with E-state index < -0.39 is 0 Å². The predicted octanol–water partition coefficient (Wildman–Crippen LogP) is 4.67. The molecule has 0 atom stereocenters. The minimum Gasteiger partial charge on any atom is -0.268 e. The van der Waals surface area contributed by atoms with E-state index in [9.17, 15) is 0 Å². The van der Waals surface area contributed by atoms with Crippen molar-refractivity contribution in [1.29, 1.82) is 0 Å². The number of hydrogen-bond acceptors (Lipinski definition) is 3. The number of pyridine rings is 2. The van der Waals surface area contributed by atoms with Gasteiger partial charge in [-0.25, -0.2) is 0 Å². The SMILES string of the molecule is CCc1cccc(-c2nn3c(c2-c2ccnc4ccccc24)CCC3)n1. The molecule has 0 amide bonds. The highest BCUT2D eigenvalue weighted by molar-refractivity contribution is 5.98. The van der Waals surface area contributed by atoms with Gasteiger partial charge in [0.15, 0.2) is 0 Å². The molecule has 0 spiro atoms. The zero-order valence-corrected chi connectivity index (χ0v) is 14.8. The lowest BCUT2D eigenvalue weighted by molar-refractivity contribution is 0.658. The normalized spacial score (nSPS) is 13.3. The van der Waals surface area contributed by atoms with Crippen LogP contribution in [0, 0.1) is 0 Å². The Kier molecular flexibility index (Phi) is 3.56. The van der Waals surface area contributed by atoms with Gasteiger partial charge >= 0.3 is 0 Å². The number of fused-ring (bicyclic) bond motifs is 2. The van der Waals surface area contributed by atoms with Crippen LogP contribution in [0.4, 0.5) is 0 Å². The Morgan fingerprint density at radius 1 is 1.04 bits per heavy atom. The predicted molar refractivity (Wildman–Crippen MR) is 104 cm³/mol. The highest BCUT2D eigenvalue weighted by Gasteiger charge is 2.25. The molecule has 3 aromatic heterocycles. The van der Waals surface area contributed by atoms with E-state index in [-0.39, 0.29) is 0 Å². The van der Waals surface area contributed by atoms with Gasteiger partial charge in [0, 0.05) is 35.1 Å². The average Bonchev–Trinajstić information content (AvgIpc) is 3.29. The quantitative estimate of drug-likeness (QED) is 0.544. The molecule has 128 valence electrons. The fourth-order valence-corrected chi connectivity index (χ4v) is 3.92. The van der Waals surface area contributed by atoms with E-state index >= 15 is 0 Å². The van der Waals surface area contributed by atoms with Crippen molar-refractivity contribution in [1.82, 2.24) is 19.7 Å². The van der Waals surface area contributed by atoms with E-state index in [0.29, 0.717) is 0 Å². The summed E-state index contributed by atoms with van der Waals surface area (Å²) in [5.41, 5.74) is 7.82. The number of aryl methyl sites for hydroxylation is 2. The Hall–Kier alpha value is -3.01. The van der Waals surface area contributed by atoms with Crippen molar-refractivity contribution in [2.75, 3.05) is 0 Å². The van der Waals surface area contributed by atoms with Crippen LogP contribution in [0.3, 0.4) is 0 Å². The first-order chi connectivity index (χ1) is 12.8. The summed E-state index contributed by atoms with van der Waals surface area (Å²) in [6.07, 6.45) is 5.04. The molecule has 0 N–H and O–H groups in total. The van der Waals surface area contributed by atoms with Crippen LogP contribution < -0.4 is 0 Å². The van der Waals surface area contributed by atoms with Crippen molar-refractivity contribution in [3.63, 3.8) is 0 Å². The topological polar surface area (TPSA) is 43.6 Å². The van der Waals surface area contributed by atoms with E-state index in [0.717, 1.165) is 48.4 Å². The number of nitrogens with zero attached hydrogens (tertiary/aromatic N) is 4. The standard InChI is InChI=1S/C22H20N4/c1-2-15-7-5-10-19(24-15)22-21(20-11-6-14-26(20)25-22)17-12-13-23-18-9-4-3-8-16(17)18/h3-5,7-10,12-13H,2,6,11,14H2,1H3. The second kappa shape index (κ2) is 6.06. The van der Waals surface area contributed by atoms with Crippen molar-refractivity contribution in [2.45, 2.75) is 32.7 Å². The smallest absolute Gasteiger partial charge is 0.119 e. The maximum absolute atomic E-state index is 4.95. The second-order valence-electron chi connectivity index (χ2n) is 6.74. The minimum absolute atomic E-state index is 0.926. The van der Waals surface area contributed by atoms with Gasteiger partial charge in [0.2, 0.25) is 0 Å². The van der Waals surface area contributed by atoms with E-state index in [1.165, 1.54) is 22.2 Å². The third kappa shape index (κ3) is 2.33. The first-order valence-electron chi connectivity index (χ1n) is 9.25. The van der Waals surface area contributed by atoms with Crippen LogP contribution in [0.5, 0.6) is 0 Å². The number of rotatable bonds is 3. The Labute approximate surface area is 152 Å². The molecule has 4 heteroatoms. The van der Waals surface area contributed by atoms with Gasteiger partial charge < -0.3 is 0 Å². The fraction of sp³-hybridized carbons (Fsp3) is 0.227. The van der Waals surface area contributed by atoms with Crippen LogP contribution in [0.15, 0.2) is 54.7 Å². The van der Waals surface area contributed by atoms with Crippen LogP contribution in [0.25, 0.3) is 33.4 Å². The number of aromatic nitrogens is 4. The summed E-state index contributed by atoms with van der Waals surface area (Å²) >= 11 is 0. The molecule has 0 bridgehead atoms. The van der Waals surface area contributed by atoms with Crippen LogP contribution in [-0.2, 0) is 19.4 Å². The van der Waals surface area contributed by atoms with Crippen LogP contribution in [-0.4, -0.2) is 19.7 Å². The Morgan fingerprint density at radius 3 is 2.88 bits per heavy atom. The minimum atomic E-state index is 0.926. The molecule has 4 aromatic rings. The largest absolute Gasteiger partial charge is 0.268 e. The lowest BCUT2D eigenvalue weighted by Crippen LogP contribution is -1.95. The summed E-state index contributed by atoms with van der Waals surface area (Å²) < 4.78 is 2.17. The van der Waals surface area contributed by atoms with E-state index in [4.69, 9.17) is 10.1 Å². The molecule has 0 saturated carbocycles. The second-order valence-corrected chi connectivity index (χ2v) is 6.74. The first-order valence-corrected chi connectivity index (χ1v) is 9.25. The lowest BCUT2D eigenvalue weighted by Gasteiger charge is -2.09. The maximum Gasteiger partial charge on any atom is 0.119 e. The monoisotopic (exact) mass is 340 g/mol. The van der Waals surface area contributed by atoms with Crippen LogP contribution in [0.2, 0.25) is 0 Å². The van der Waals surface area contributed by atoms with Gasteiger partial charge in [-0.15, -0.1) is 0 Å². The molecule has 0 fully saturated rings. The summed E-state index contributed by atoms with van der Waals surface area (Å²) in [6, 6.07) is 16.7. The summed E-state index contributed by atoms with van der Waals surface area (Å²) in [4.78, 5) is 9.38. The highest BCUT2D eigenvalue weighted by atomic mass is 15.3. The summed E-state index contributed by atoms with van der Waals surface area (Å²) in [7, 11) is 0. The molecule has 0 unspecified atom stereocenters. The lowest BCUT2D eigenvalue weighted by atomic mass is 9.96. The molecular formula is C22H20N4. The van der Waals surface area contributed by atoms with Crippen molar-refractivity contribution < 1.29 is 0 Å². The molecular weight excluding hydrogens is 320 g/mol. The van der Waals surface area contributed by atoms with Crippen LogP contribution >= 0.6 is 0 Å². The Balaban J connectivity index is 1.81. The molecule has 4 heterocycles. The Bertz CT molecular complexity index is 1110. The van der Waals surface area contributed by atoms with Gasteiger partial charge in [0.05, 0.1) is 11.2 Å². The molecule has 0 radical (unpaired) electrons. The summed E-state index contributed by atoms with van der Waals surface area (Å²) in [6.45, 7) is 3.12. The van der Waals surface area contributed by atoms with Gasteiger partial charge in [-0.05, 0) is 49.1 Å². The zero-order valence-electron chi connectivity index (χ0n) is 14.8. The summed E-state index contributed by atoms with van der Waals surface area (Å²) in [5, 5.41) is 6.13. The molecule has 0 aliphatic carbocycles. The van der Waals surface area contributed by atoms with E-state index in [1.54, 1.807) is 0 Å². The number of benzene rings is 1. The number of hydrogen-bond donors (Lipinski definition) is 0. The fourth-order valence-electron chi connectivity index (χ4n) is 3.92. The van der Waals surface area contributed by atoms with Gasteiger partial charge in [-0.1, -0.05) is 31.2 Å². The van der Waals surface area contributed by atoms with Gasteiger partial charge in [-0.3, -0.25) is 14.6 Å². The number of para-hydroxylation sites is 1. The van der Waals surface area contributed by atoms with Crippen molar-refractivity contribution in [2.24, 2.45) is 0 Å². The van der Waals surface area contributed by atoms with Gasteiger partial charge in [0.25, 0.3) is 0 Å². The van der Waals surface area contributed by atoms with Gasteiger partial charge in [0.1, 0.15) is 5.69 Å². The molecule has 0 saturated heterocycles. The molecule has 5 rings (SSSR count). The molecule has 26 heavy (non-hydrogen) atoms. The van der Waals surface area contributed by atoms with E-state index in [2.05, 4.69) is 59.1 Å². The Morgan fingerprint density at radius 2 is 1.96 bits per heavy atom. The highest BCUT2D eigenvalue weighted by Crippen LogP contribution is 2.39. The van der Waals surface area contributed by atoms with Crippen molar-refractivity contribution >= 4 is 10.9 Å². The first kappa shape index (κ1) is 15.3.